The molecule has 0 radical (unpaired) electrons. The van der Waals surface area contributed by atoms with Gasteiger partial charge >= 0.3 is 12.3 Å². The maximum atomic E-state index is 12.9. The van der Waals surface area contributed by atoms with Crippen LogP contribution in [0.4, 0.5) is 17.6 Å². The second-order valence-electron chi connectivity index (χ2n) is 4.10. The highest BCUT2D eigenvalue weighted by Gasteiger charge is 2.48. The van der Waals surface area contributed by atoms with Gasteiger partial charge in [0.05, 0.1) is 17.5 Å². The third-order valence-electron chi connectivity index (χ3n) is 2.84. The van der Waals surface area contributed by atoms with Gasteiger partial charge in [-0.25, -0.2) is 13.8 Å². The number of aromatic nitrogens is 2. The molecule has 0 saturated heterocycles. The molecule has 1 aromatic heterocycles. The van der Waals surface area contributed by atoms with Crippen LogP contribution in [0.1, 0.15) is 5.82 Å². The van der Waals surface area contributed by atoms with E-state index in [0.717, 1.165) is 0 Å². The highest BCUT2D eigenvalue weighted by Crippen LogP contribution is 2.26. The van der Waals surface area contributed by atoms with Crippen molar-refractivity contribution in [1.82, 2.24) is 9.55 Å². The molecule has 19 heavy (non-hydrogen) atoms. The lowest BCUT2D eigenvalue weighted by Crippen LogP contribution is -2.38. The number of benzene rings is 1. The summed E-state index contributed by atoms with van der Waals surface area (Å²) in [6, 6.07) is 6.77. The van der Waals surface area contributed by atoms with Crippen LogP contribution < -0.4 is 0 Å². The SMILES string of the molecule is Cn1c(CC(=O)C(F)(F)C(F)F)nc2ccccc21. The predicted molar refractivity (Wildman–Crippen MR) is 60.4 cm³/mol. The molecule has 1 heterocycles. The van der Waals surface area contributed by atoms with E-state index in [4.69, 9.17) is 0 Å². The number of nitrogens with zero attached hydrogens (tertiary/aromatic N) is 2. The Bertz CT molecular complexity index is 621. The van der Waals surface area contributed by atoms with Gasteiger partial charge < -0.3 is 4.57 Å². The second kappa shape index (κ2) is 4.64. The Morgan fingerprint density at radius 2 is 2.00 bits per heavy atom. The number of aryl methyl sites for hydroxylation is 1. The van der Waals surface area contributed by atoms with Crippen LogP contribution in [0.15, 0.2) is 24.3 Å². The van der Waals surface area contributed by atoms with Gasteiger partial charge in [-0.15, -0.1) is 0 Å². The average Bonchev–Trinajstić information content (AvgIpc) is 2.67. The van der Waals surface area contributed by atoms with E-state index >= 15 is 0 Å². The minimum absolute atomic E-state index is 0.0338. The first-order valence-electron chi connectivity index (χ1n) is 5.43. The number of carbonyl (C=O) groups excluding carboxylic acids is 1. The van der Waals surface area contributed by atoms with E-state index in [2.05, 4.69) is 4.98 Å². The van der Waals surface area contributed by atoms with Crippen LogP contribution in [0.3, 0.4) is 0 Å². The number of alkyl halides is 4. The fourth-order valence-electron chi connectivity index (χ4n) is 1.74. The standard InChI is InChI=1S/C12H10F4N2O/c1-18-8-5-3-2-4-7(8)17-10(18)6-9(19)12(15,16)11(13)14/h2-5,11H,6H2,1H3. The van der Waals surface area contributed by atoms with Crippen molar-refractivity contribution in [2.24, 2.45) is 7.05 Å². The largest absolute Gasteiger partial charge is 0.364 e. The summed E-state index contributed by atoms with van der Waals surface area (Å²) in [6.45, 7) is 0. The third-order valence-corrected chi connectivity index (χ3v) is 2.84. The van der Waals surface area contributed by atoms with E-state index in [9.17, 15) is 22.4 Å². The lowest BCUT2D eigenvalue weighted by molar-refractivity contribution is -0.166. The summed E-state index contributed by atoms with van der Waals surface area (Å²) >= 11 is 0. The van der Waals surface area contributed by atoms with Gasteiger partial charge in [0.15, 0.2) is 0 Å². The van der Waals surface area contributed by atoms with Gasteiger partial charge in [0, 0.05) is 7.05 Å². The maximum Gasteiger partial charge on any atom is 0.364 e. The lowest BCUT2D eigenvalue weighted by atomic mass is 10.1. The Morgan fingerprint density at radius 1 is 1.37 bits per heavy atom. The van der Waals surface area contributed by atoms with Gasteiger partial charge in [-0.3, -0.25) is 4.79 Å². The van der Waals surface area contributed by atoms with Crippen molar-refractivity contribution in [3.63, 3.8) is 0 Å². The molecule has 0 atom stereocenters. The molecule has 0 aliphatic heterocycles. The summed E-state index contributed by atoms with van der Waals surface area (Å²) in [7, 11) is 1.54. The number of imidazole rings is 1. The molecule has 0 N–H and O–H groups in total. The summed E-state index contributed by atoms with van der Waals surface area (Å²) < 4.78 is 51.3. The first kappa shape index (κ1) is 13.5. The molecular weight excluding hydrogens is 264 g/mol. The fraction of sp³-hybridized carbons (Fsp3) is 0.333. The number of fused-ring (bicyclic) bond motifs is 1. The zero-order chi connectivity index (χ0) is 14.2. The minimum Gasteiger partial charge on any atom is -0.331 e. The van der Waals surface area contributed by atoms with E-state index in [0.29, 0.717) is 11.0 Å². The summed E-state index contributed by atoms with van der Waals surface area (Å²) in [6.07, 6.45) is -4.84. The first-order chi connectivity index (χ1) is 8.84. The number of ketones is 1. The normalized spacial score (nSPS) is 12.3. The van der Waals surface area contributed by atoms with Crippen LogP contribution in [0.25, 0.3) is 11.0 Å². The van der Waals surface area contributed by atoms with E-state index in [-0.39, 0.29) is 5.82 Å². The summed E-state index contributed by atoms with van der Waals surface area (Å²) in [4.78, 5) is 15.2. The van der Waals surface area contributed by atoms with Crippen molar-refractivity contribution in [2.75, 3.05) is 0 Å². The zero-order valence-corrected chi connectivity index (χ0v) is 9.91. The van der Waals surface area contributed by atoms with E-state index in [1.54, 1.807) is 31.3 Å². The van der Waals surface area contributed by atoms with Crippen molar-refractivity contribution >= 4 is 16.8 Å². The molecule has 0 aliphatic rings. The Balaban J connectivity index is 2.32. The number of halogens is 4. The van der Waals surface area contributed by atoms with E-state index in [1.165, 1.54) is 4.57 Å². The molecule has 0 saturated carbocycles. The summed E-state index contributed by atoms with van der Waals surface area (Å²) in [5.41, 5.74) is 1.17. The van der Waals surface area contributed by atoms with Gasteiger partial charge in [-0.1, -0.05) is 12.1 Å². The number of hydrogen-bond donors (Lipinski definition) is 0. The second-order valence-corrected chi connectivity index (χ2v) is 4.10. The Hall–Kier alpha value is -1.92. The van der Waals surface area contributed by atoms with E-state index in [1.807, 2.05) is 0 Å². The highest BCUT2D eigenvalue weighted by molar-refractivity contribution is 5.88. The molecule has 0 unspecified atom stereocenters. The monoisotopic (exact) mass is 274 g/mol. The molecule has 0 spiro atoms. The van der Waals surface area contributed by atoms with Gasteiger partial charge in [-0.05, 0) is 12.1 Å². The summed E-state index contributed by atoms with van der Waals surface area (Å²) in [5.74, 6) is -6.44. The Morgan fingerprint density at radius 3 is 2.58 bits per heavy atom. The predicted octanol–water partition coefficient (Wildman–Crippen LogP) is 2.59. The number of carbonyl (C=O) groups is 1. The molecule has 2 rings (SSSR count). The molecule has 102 valence electrons. The van der Waals surface area contributed by atoms with Crippen LogP contribution in [-0.2, 0) is 18.3 Å². The zero-order valence-electron chi connectivity index (χ0n) is 9.91. The highest BCUT2D eigenvalue weighted by atomic mass is 19.3. The molecule has 0 bridgehead atoms. The number of Topliss-reactive ketones (excluding diaryl/α,β-unsaturated/α-hetero) is 1. The molecule has 2 aromatic rings. The smallest absolute Gasteiger partial charge is 0.331 e. The number of hydrogen-bond acceptors (Lipinski definition) is 2. The van der Waals surface area contributed by atoms with Crippen LogP contribution in [0.2, 0.25) is 0 Å². The number of rotatable bonds is 4. The van der Waals surface area contributed by atoms with Gasteiger partial charge in [0.1, 0.15) is 5.82 Å². The number of para-hydroxylation sites is 2. The molecule has 1 aromatic carbocycles. The average molecular weight is 274 g/mol. The van der Waals surface area contributed by atoms with Gasteiger partial charge in [-0.2, -0.15) is 8.78 Å². The fourth-order valence-corrected chi connectivity index (χ4v) is 1.74. The summed E-state index contributed by atoms with van der Waals surface area (Å²) in [5, 5.41) is 0. The van der Waals surface area contributed by atoms with Crippen molar-refractivity contribution in [3.05, 3.63) is 30.1 Å². The molecule has 0 aliphatic carbocycles. The van der Waals surface area contributed by atoms with E-state index < -0.39 is 24.6 Å². The molecule has 0 amide bonds. The molecule has 0 fully saturated rings. The van der Waals surface area contributed by atoms with Crippen LogP contribution >= 0.6 is 0 Å². The topological polar surface area (TPSA) is 34.9 Å². The third kappa shape index (κ3) is 2.32. The Labute approximate surface area is 105 Å². The maximum absolute atomic E-state index is 12.9. The Kier molecular flexibility index (Phi) is 3.30. The van der Waals surface area contributed by atoms with Crippen LogP contribution in [-0.4, -0.2) is 27.7 Å². The van der Waals surface area contributed by atoms with Gasteiger partial charge in [0.25, 0.3) is 0 Å². The lowest BCUT2D eigenvalue weighted by Gasteiger charge is -2.13. The molecule has 3 nitrogen and oxygen atoms in total. The van der Waals surface area contributed by atoms with Crippen molar-refractivity contribution in [1.29, 1.82) is 0 Å². The van der Waals surface area contributed by atoms with Crippen molar-refractivity contribution in [2.45, 2.75) is 18.8 Å². The van der Waals surface area contributed by atoms with Crippen molar-refractivity contribution in [3.8, 4) is 0 Å². The molecular formula is C12H10F4N2O. The minimum atomic E-state index is -4.64. The van der Waals surface area contributed by atoms with Crippen molar-refractivity contribution < 1.29 is 22.4 Å². The van der Waals surface area contributed by atoms with Crippen LogP contribution in [0.5, 0.6) is 0 Å². The first-order valence-corrected chi connectivity index (χ1v) is 5.43. The molecule has 7 heteroatoms. The quantitative estimate of drug-likeness (QED) is 0.803. The van der Waals surface area contributed by atoms with Crippen LogP contribution in [0, 0.1) is 0 Å². The van der Waals surface area contributed by atoms with Gasteiger partial charge in [0.2, 0.25) is 5.78 Å².